The lowest BCUT2D eigenvalue weighted by Crippen LogP contribution is -2.10. The highest BCUT2D eigenvalue weighted by atomic mass is 16.3. The van der Waals surface area contributed by atoms with E-state index in [2.05, 4.69) is 217 Å². The van der Waals surface area contributed by atoms with Crippen molar-refractivity contribution in [2.75, 3.05) is 4.90 Å². The van der Waals surface area contributed by atoms with Crippen molar-refractivity contribution in [2.45, 2.75) is 0 Å². The van der Waals surface area contributed by atoms with E-state index >= 15 is 0 Å². The van der Waals surface area contributed by atoms with Crippen LogP contribution < -0.4 is 4.90 Å². The highest BCUT2D eigenvalue weighted by Crippen LogP contribution is 2.46. The molecule has 0 bridgehead atoms. The SMILES string of the molecule is c1ccc(-c2ccc(N(c3ccc(-c4cccc(-c5ccccc5)c4-c4ccccc4-c4ccccc4)cc3)c3cccc4oc5ccccc5c34)cc2)cc1. The van der Waals surface area contributed by atoms with E-state index in [1.165, 1.54) is 50.1 Å². The third kappa shape index (κ3) is 6.04. The number of benzene rings is 9. The van der Waals surface area contributed by atoms with Crippen LogP contribution >= 0.6 is 0 Å². The van der Waals surface area contributed by atoms with Gasteiger partial charge in [-0.2, -0.15) is 0 Å². The van der Waals surface area contributed by atoms with Gasteiger partial charge in [-0.15, -0.1) is 0 Å². The van der Waals surface area contributed by atoms with E-state index in [-0.39, 0.29) is 0 Å². The number of fused-ring (bicyclic) bond motifs is 3. The Morgan fingerprint density at radius 3 is 1.36 bits per heavy atom. The number of hydrogen-bond donors (Lipinski definition) is 0. The Balaban J connectivity index is 1.14. The normalized spacial score (nSPS) is 11.2. The second-order valence-electron chi connectivity index (χ2n) is 14.0. The summed E-state index contributed by atoms with van der Waals surface area (Å²) in [6.07, 6.45) is 0. The van der Waals surface area contributed by atoms with E-state index in [0.717, 1.165) is 44.6 Å². The molecule has 9 aromatic carbocycles. The van der Waals surface area contributed by atoms with Crippen LogP contribution in [-0.2, 0) is 0 Å². The van der Waals surface area contributed by atoms with Crippen LogP contribution in [0.2, 0.25) is 0 Å². The molecule has 0 amide bonds. The van der Waals surface area contributed by atoms with Crippen molar-refractivity contribution in [2.24, 2.45) is 0 Å². The minimum absolute atomic E-state index is 0.866. The maximum Gasteiger partial charge on any atom is 0.137 e. The van der Waals surface area contributed by atoms with E-state index in [1.54, 1.807) is 0 Å². The molecule has 0 fully saturated rings. The second kappa shape index (κ2) is 14.4. The minimum Gasteiger partial charge on any atom is -0.456 e. The van der Waals surface area contributed by atoms with Crippen LogP contribution in [0.1, 0.15) is 0 Å². The Kier molecular flexibility index (Phi) is 8.55. The van der Waals surface area contributed by atoms with Crippen LogP contribution in [-0.4, -0.2) is 0 Å². The van der Waals surface area contributed by atoms with Crippen LogP contribution in [0.4, 0.5) is 17.1 Å². The van der Waals surface area contributed by atoms with Crippen LogP contribution in [0, 0.1) is 0 Å². The number of nitrogens with zero attached hydrogens (tertiary/aromatic N) is 1. The summed E-state index contributed by atoms with van der Waals surface area (Å²) >= 11 is 0. The Hall–Kier alpha value is -7.42. The first-order chi connectivity index (χ1) is 27.8. The van der Waals surface area contributed by atoms with Crippen LogP contribution in [0.3, 0.4) is 0 Å². The summed E-state index contributed by atoms with van der Waals surface area (Å²) in [6.45, 7) is 0. The Morgan fingerprint density at radius 2 is 0.714 bits per heavy atom. The molecule has 2 nitrogen and oxygen atoms in total. The highest BCUT2D eigenvalue weighted by Gasteiger charge is 2.21. The molecule has 0 saturated heterocycles. The molecule has 10 aromatic rings. The van der Waals surface area contributed by atoms with Gasteiger partial charge >= 0.3 is 0 Å². The van der Waals surface area contributed by atoms with E-state index in [4.69, 9.17) is 4.42 Å². The predicted molar refractivity (Wildman–Crippen MR) is 236 cm³/mol. The van der Waals surface area contributed by atoms with Gasteiger partial charge in [-0.3, -0.25) is 0 Å². The van der Waals surface area contributed by atoms with Gasteiger partial charge in [0.25, 0.3) is 0 Å². The van der Waals surface area contributed by atoms with Gasteiger partial charge in [-0.05, 0) is 98.1 Å². The van der Waals surface area contributed by atoms with E-state index in [0.29, 0.717) is 0 Å². The first-order valence-electron chi connectivity index (χ1n) is 19.1. The quantitative estimate of drug-likeness (QED) is 0.156. The lowest BCUT2D eigenvalue weighted by Gasteiger charge is -2.27. The Bertz CT molecular complexity index is 2930. The van der Waals surface area contributed by atoms with Gasteiger partial charge in [0.05, 0.1) is 11.1 Å². The van der Waals surface area contributed by atoms with Crippen LogP contribution in [0.15, 0.2) is 229 Å². The zero-order chi connectivity index (χ0) is 37.3. The second-order valence-corrected chi connectivity index (χ2v) is 14.0. The molecule has 0 N–H and O–H groups in total. The van der Waals surface area contributed by atoms with E-state index in [1.807, 2.05) is 12.1 Å². The van der Waals surface area contributed by atoms with Crippen molar-refractivity contribution in [3.05, 3.63) is 224 Å². The highest BCUT2D eigenvalue weighted by molar-refractivity contribution is 6.13. The fourth-order valence-electron chi connectivity index (χ4n) is 8.11. The average Bonchev–Trinajstić information content (AvgIpc) is 3.67. The molecule has 0 radical (unpaired) electrons. The fraction of sp³-hybridized carbons (Fsp3) is 0. The molecule has 56 heavy (non-hydrogen) atoms. The molecule has 0 saturated carbocycles. The van der Waals surface area contributed by atoms with Gasteiger partial charge < -0.3 is 9.32 Å². The number of para-hydroxylation sites is 1. The molecule has 0 aliphatic carbocycles. The zero-order valence-electron chi connectivity index (χ0n) is 30.7. The average molecular weight is 716 g/mol. The molecule has 1 heterocycles. The largest absolute Gasteiger partial charge is 0.456 e. The molecule has 0 spiro atoms. The van der Waals surface area contributed by atoms with Crippen molar-refractivity contribution < 1.29 is 4.42 Å². The molecular formula is C54H37NO. The van der Waals surface area contributed by atoms with Gasteiger partial charge in [-0.1, -0.05) is 182 Å². The Morgan fingerprint density at radius 1 is 0.286 bits per heavy atom. The van der Waals surface area contributed by atoms with Crippen molar-refractivity contribution in [3.63, 3.8) is 0 Å². The summed E-state index contributed by atoms with van der Waals surface area (Å²) in [4.78, 5) is 2.36. The molecule has 2 heteroatoms. The summed E-state index contributed by atoms with van der Waals surface area (Å²) < 4.78 is 6.39. The summed E-state index contributed by atoms with van der Waals surface area (Å²) in [7, 11) is 0. The molecule has 264 valence electrons. The number of furan rings is 1. The zero-order valence-corrected chi connectivity index (χ0v) is 30.7. The van der Waals surface area contributed by atoms with E-state index in [9.17, 15) is 0 Å². The smallest absolute Gasteiger partial charge is 0.137 e. The first-order valence-corrected chi connectivity index (χ1v) is 19.1. The van der Waals surface area contributed by atoms with Crippen molar-refractivity contribution in [1.82, 2.24) is 0 Å². The van der Waals surface area contributed by atoms with Gasteiger partial charge in [0, 0.05) is 16.8 Å². The standard InChI is InChI=1S/C54H37NO/c1-4-16-38(17-5-1)39-30-34-43(35-31-39)55(50-27-15-29-52-54(50)49-24-12-13-28-51(49)56-52)44-36-32-42(33-37-44)47-26-14-25-46(41-20-8-3-9-21-41)53(47)48-23-11-10-22-45(48)40-18-6-2-7-19-40/h1-37H. The van der Waals surface area contributed by atoms with Crippen molar-refractivity contribution in [1.29, 1.82) is 0 Å². The number of rotatable bonds is 8. The summed E-state index contributed by atoms with van der Waals surface area (Å²) in [6, 6.07) is 80.0. The monoisotopic (exact) mass is 715 g/mol. The molecule has 1 aromatic heterocycles. The predicted octanol–water partition coefficient (Wildman–Crippen LogP) is 15.4. The number of hydrogen-bond acceptors (Lipinski definition) is 2. The molecule has 0 aliphatic heterocycles. The topological polar surface area (TPSA) is 16.4 Å². The van der Waals surface area contributed by atoms with Crippen LogP contribution in [0.25, 0.3) is 77.6 Å². The summed E-state index contributed by atoms with van der Waals surface area (Å²) in [5.41, 5.74) is 16.9. The molecule has 0 aliphatic rings. The lowest BCUT2D eigenvalue weighted by molar-refractivity contribution is 0.669. The van der Waals surface area contributed by atoms with Gasteiger partial charge in [0.2, 0.25) is 0 Å². The molecule has 0 atom stereocenters. The fourth-order valence-corrected chi connectivity index (χ4v) is 8.11. The maximum absolute atomic E-state index is 6.39. The first kappa shape index (κ1) is 33.2. The van der Waals surface area contributed by atoms with Gasteiger partial charge in [0.1, 0.15) is 11.2 Å². The van der Waals surface area contributed by atoms with Crippen molar-refractivity contribution >= 4 is 39.0 Å². The van der Waals surface area contributed by atoms with E-state index < -0.39 is 0 Å². The summed E-state index contributed by atoms with van der Waals surface area (Å²) in [5, 5.41) is 2.19. The Labute approximate surface area is 327 Å². The molecule has 10 rings (SSSR count). The summed E-state index contributed by atoms with van der Waals surface area (Å²) in [5.74, 6) is 0. The molecular weight excluding hydrogens is 679 g/mol. The minimum atomic E-state index is 0.866. The van der Waals surface area contributed by atoms with Crippen LogP contribution in [0.5, 0.6) is 0 Å². The third-order valence-electron chi connectivity index (χ3n) is 10.7. The number of anilines is 3. The third-order valence-corrected chi connectivity index (χ3v) is 10.7. The lowest BCUT2D eigenvalue weighted by atomic mass is 9.84. The maximum atomic E-state index is 6.39. The van der Waals surface area contributed by atoms with Gasteiger partial charge in [0.15, 0.2) is 0 Å². The molecule has 0 unspecified atom stereocenters. The van der Waals surface area contributed by atoms with Crippen molar-refractivity contribution in [3.8, 4) is 55.6 Å². The van der Waals surface area contributed by atoms with Gasteiger partial charge in [-0.25, -0.2) is 0 Å².